The summed E-state index contributed by atoms with van der Waals surface area (Å²) in [6, 6.07) is 9.71. The van der Waals surface area contributed by atoms with Crippen molar-refractivity contribution < 1.29 is 9.59 Å². The van der Waals surface area contributed by atoms with Crippen molar-refractivity contribution in [3.8, 4) is 0 Å². The number of H-pyrrole nitrogens is 2. The van der Waals surface area contributed by atoms with Gasteiger partial charge in [0.05, 0.1) is 12.7 Å². The normalized spacial score (nSPS) is 17.9. The van der Waals surface area contributed by atoms with E-state index >= 15 is 0 Å². The van der Waals surface area contributed by atoms with E-state index in [1.54, 1.807) is 6.20 Å². The Labute approximate surface area is 182 Å². The van der Waals surface area contributed by atoms with Crippen LogP contribution in [0.5, 0.6) is 0 Å². The van der Waals surface area contributed by atoms with Crippen molar-refractivity contribution in [2.45, 2.75) is 38.3 Å². The number of anilines is 1. The Bertz CT molecular complexity index is 1240. The summed E-state index contributed by atoms with van der Waals surface area (Å²) in [6.07, 6.45) is 5.66. The maximum atomic E-state index is 12.8. The van der Waals surface area contributed by atoms with E-state index in [-0.39, 0.29) is 35.5 Å². The minimum Gasteiger partial charge on any atom is -0.392 e. The minimum absolute atomic E-state index is 0.102. The number of hydrogen-bond donors (Lipinski definition) is 4. The molecule has 0 radical (unpaired) electrons. The van der Waals surface area contributed by atoms with Crippen LogP contribution in [0, 0.1) is 5.92 Å². The topological polar surface area (TPSA) is 156 Å². The average Bonchev–Trinajstić information content (AvgIpc) is 3.41. The highest BCUT2D eigenvalue weighted by Gasteiger charge is 2.31. The van der Waals surface area contributed by atoms with Gasteiger partial charge in [0.1, 0.15) is 17.2 Å². The van der Waals surface area contributed by atoms with Crippen LogP contribution >= 0.6 is 0 Å². The van der Waals surface area contributed by atoms with Crippen LogP contribution in [0.15, 0.2) is 52.3 Å². The molecule has 0 saturated heterocycles. The molecule has 4 rings (SSSR count). The van der Waals surface area contributed by atoms with E-state index in [1.807, 2.05) is 46.2 Å². The number of nitrogen functional groups attached to an aromatic ring is 1. The van der Waals surface area contributed by atoms with Gasteiger partial charge in [-0.25, -0.2) is 4.79 Å². The molecule has 2 heterocycles. The smallest absolute Gasteiger partial charge is 0.326 e. The fourth-order valence-electron chi connectivity index (χ4n) is 4.04. The van der Waals surface area contributed by atoms with E-state index in [2.05, 4.69) is 15.4 Å². The Hall–Kier alpha value is -3.95. The Morgan fingerprint density at radius 3 is 2.69 bits per heavy atom. The molecule has 0 bridgehead atoms. The molecular formula is C22H24N6O4. The molecule has 1 aliphatic rings. The lowest BCUT2D eigenvalue weighted by molar-refractivity contribution is -0.122. The van der Waals surface area contributed by atoms with Gasteiger partial charge in [-0.15, -0.1) is 0 Å². The monoisotopic (exact) mass is 436 g/mol. The van der Waals surface area contributed by atoms with Crippen molar-refractivity contribution in [1.29, 1.82) is 0 Å². The molecule has 2 atom stereocenters. The number of carbonyl (C=O) groups is 2. The molecule has 1 fully saturated rings. The first-order valence-electron chi connectivity index (χ1n) is 10.4. The first-order chi connectivity index (χ1) is 15.4. The lowest BCUT2D eigenvalue weighted by Crippen LogP contribution is -2.38. The minimum atomic E-state index is -0.814. The molecule has 0 aliphatic heterocycles. The third kappa shape index (κ3) is 4.85. The second-order valence-corrected chi connectivity index (χ2v) is 8.05. The fraction of sp³-hybridized carbons (Fsp3) is 0.318. The summed E-state index contributed by atoms with van der Waals surface area (Å²) in [5, 5.41) is 7.10. The zero-order chi connectivity index (χ0) is 22.7. The molecule has 10 nitrogen and oxygen atoms in total. The second-order valence-electron chi connectivity index (χ2n) is 8.05. The molecule has 32 heavy (non-hydrogen) atoms. The summed E-state index contributed by atoms with van der Waals surface area (Å²) < 4.78 is 1.81. The first kappa shape index (κ1) is 21.3. The first-order valence-corrected chi connectivity index (χ1v) is 10.4. The lowest BCUT2D eigenvalue weighted by atomic mass is 9.97. The van der Waals surface area contributed by atoms with Gasteiger partial charge in [-0.1, -0.05) is 30.3 Å². The number of nitrogens with zero attached hydrogens (tertiary/aromatic N) is 2. The maximum absolute atomic E-state index is 12.8. The van der Waals surface area contributed by atoms with Gasteiger partial charge in [-0.2, -0.15) is 5.10 Å². The van der Waals surface area contributed by atoms with Gasteiger partial charge in [0, 0.05) is 24.6 Å². The number of ketones is 1. The van der Waals surface area contributed by atoms with Gasteiger partial charge in [0.25, 0.3) is 11.5 Å². The molecule has 10 heteroatoms. The largest absolute Gasteiger partial charge is 0.392 e. The fourth-order valence-corrected chi connectivity index (χ4v) is 4.04. The summed E-state index contributed by atoms with van der Waals surface area (Å²) in [6.45, 7) is 0.639. The van der Waals surface area contributed by atoms with Crippen LogP contribution in [0.2, 0.25) is 0 Å². The van der Waals surface area contributed by atoms with Crippen molar-refractivity contribution >= 4 is 17.4 Å². The third-order valence-electron chi connectivity index (χ3n) is 5.68. The number of carbonyl (C=O) groups excluding carboxylic acids is 2. The lowest BCUT2D eigenvalue weighted by Gasteiger charge is -2.13. The zero-order valence-electron chi connectivity index (χ0n) is 17.3. The number of aromatic amines is 2. The predicted molar refractivity (Wildman–Crippen MR) is 117 cm³/mol. The van der Waals surface area contributed by atoms with Gasteiger partial charge in [0.15, 0.2) is 0 Å². The third-order valence-corrected chi connectivity index (χ3v) is 5.68. The molecular weight excluding hydrogens is 412 g/mol. The van der Waals surface area contributed by atoms with E-state index in [0.29, 0.717) is 25.8 Å². The highest BCUT2D eigenvalue weighted by atomic mass is 16.2. The number of benzene rings is 1. The molecule has 0 unspecified atom stereocenters. The van der Waals surface area contributed by atoms with E-state index in [9.17, 15) is 19.2 Å². The SMILES string of the molecule is Nc1c(C(=O)N[C@@H]2CC[C@@H](C(=O)Cc3cnn(Cc4ccccc4)c3)C2)[nH]c(=O)[nH]c1=O. The number of nitrogens with two attached hydrogens (primary N) is 1. The Kier molecular flexibility index (Phi) is 6.02. The van der Waals surface area contributed by atoms with E-state index < -0.39 is 17.2 Å². The molecule has 5 N–H and O–H groups in total. The summed E-state index contributed by atoms with van der Waals surface area (Å²) in [7, 11) is 0. The van der Waals surface area contributed by atoms with E-state index in [0.717, 1.165) is 11.1 Å². The van der Waals surface area contributed by atoms with E-state index in [4.69, 9.17) is 5.73 Å². The van der Waals surface area contributed by atoms with Crippen molar-refractivity contribution in [2.24, 2.45) is 5.92 Å². The number of hydrogen-bond acceptors (Lipinski definition) is 6. The highest BCUT2D eigenvalue weighted by Crippen LogP contribution is 2.27. The molecule has 3 aromatic rings. The summed E-state index contributed by atoms with van der Waals surface area (Å²) in [5.74, 6) is -0.704. The Morgan fingerprint density at radius 1 is 1.12 bits per heavy atom. The van der Waals surface area contributed by atoms with Gasteiger partial charge < -0.3 is 16.0 Å². The summed E-state index contributed by atoms with van der Waals surface area (Å²) >= 11 is 0. The van der Waals surface area contributed by atoms with Crippen LogP contribution < -0.4 is 22.3 Å². The van der Waals surface area contributed by atoms with Crippen LogP contribution in [0.1, 0.15) is 40.9 Å². The van der Waals surface area contributed by atoms with E-state index in [1.165, 1.54) is 0 Å². The maximum Gasteiger partial charge on any atom is 0.326 e. The van der Waals surface area contributed by atoms with Crippen LogP contribution in [0.3, 0.4) is 0 Å². The van der Waals surface area contributed by atoms with Crippen LogP contribution in [-0.2, 0) is 17.8 Å². The number of Topliss-reactive ketones (excluding diaryl/α,β-unsaturated/α-hetero) is 1. The number of rotatable bonds is 7. The summed E-state index contributed by atoms with van der Waals surface area (Å²) in [5.41, 5.74) is 5.36. The van der Waals surface area contributed by atoms with Crippen LogP contribution in [-0.4, -0.2) is 37.5 Å². The molecule has 166 valence electrons. The van der Waals surface area contributed by atoms with Crippen molar-refractivity contribution in [1.82, 2.24) is 25.1 Å². The molecule has 1 amide bonds. The Balaban J connectivity index is 1.32. The Morgan fingerprint density at radius 2 is 1.91 bits per heavy atom. The highest BCUT2D eigenvalue weighted by molar-refractivity contribution is 5.97. The standard InChI is InChI=1S/C22H24N6O4/c23-18-19(26-22(32)27-20(18)30)21(31)25-16-7-6-15(9-16)17(29)8-14-10-24-28(12-14)11-13-4-2-1-3-5-13/h1-5,10,12,15-16H,6-9,11,23H2,(H,25,31)(H2,26,27,30,32)/t15-,16-/m1/s1. The molecule has 2 aromatic heterocycles. The van der Waals surface area contributed by atoms with Crippen LogP contribution in [0.4, 0.5) is 5.69 Å². The number of nitrogens with one attached hydrogen (secondary N) is 3. The average molecular weight is 436 g/mol. The van der Waals surface area contributed by atoms with Crippen molar-refractivity contribution in [3.63, 3.8) is 0 Å². The predicted octanol–water partition coefficient (Wildman–Crippen LogP) is 0.600. The summed E-state index contributed by atoms with van der Waals surface area (Å²) in [4.78, 5) is 52.4. The van der Waals surface area contributed by atoms with Gasteiger partial charge >= 0.3 is 5.69 Å². The molecule has 0 spiro atoms. The van der Waals surface area contributed by atoms with Crippen LogP contribution in [0.25, 0.3) is 0 Å². The van der Waals surface area contributed by atoms with Gasteiger partial charge in [-0.3, -0.25) is 24.0 Å². The quantitative estimate of drug-likeness (QED) is 0.425. The number of amides is 1. The second kappa shape index (κ2) is 9.04. The van der Waals surface area contributed by atoms with Gasteiger partial charge in [-0.05, 0) is 30.4 Å². The molecule has 1 aromatic carbocycles. The van der Waals surface area contributed by atoms with Crippen molar-refractivity contribution in [2.75, 3.05) is 5.73 Å². The number of aromatic nitrogens is 4. The molecule has 1 aliphatic carbocycles. The zero-order valence-corrected chi connectivity index (χ0v) is 17.3. The van der Waals surface area contributed by atoms with Crippen molar-refractivity contribution in [3.05, 3.63) is 80.4 Å². The molecule has 1 saturated carbocycles. The van der Waals surface area contributed by atoms with Gasteiger partial charge in [0.2, 0.25) is 0 Å².